The van der Waals surface area contributed by atoms with Gasteiger partial charge in [0.25, 0.3) is 0 Å². The first-order valence-corrected chi connectivity index (χ1v) is 8.88. The molecule has 4 N–H and O–H groups in total. The summed E-state index contributed by atoms with van der Waals surface area (Å²) in [4.78, 5) is 0. The Kier molecular flexibility index (Phi) is 5.12. The summed E-state index contributed by atoms with van der Waals surface area (Å²) in [6.07, 6.45) is 8.79. The molecule has 1 atom stereocenters. The van der Waals surface area contributed by atoms with Crippen molar-refractivity contribution in [2.45, 2.75) is 57.8 Å². The Morgan fingerprint density at radius 2 is 1.26 bits per heavy atom. The maximum atomic E-state index is 10.1. The Morgan fingerprint density at radius 3 is 1.78 bits per heavy atom. The number of aromatic hydroxyl groups is 4. The molecule has 0 aromatic heterocycles. The minimum absolute atomic E-state index is 0.0303. The third-order valence-electron chi connectivity index (χ3n) is 5.30. The van der Waals surface area contributed by atoms with Crippen molar-refractivity contribution in [3.63, 3.8) is 0 Å². The Labute approximate surface area is 161 Å². The number of terminal acetylenes is 1. The molecule has 0 saturated heterocycles. The standard InChI is InChI=1S/C21H26O4.C2H2/c1-20(2,3)14-8-18(24)16(22)6-11(14)13-10-21(4,5)15-9-19(25)17(23)7-12(13)15;1-2/h6-9,13,22-25H,10H2,1-5H3;1-2H/t13-;/m0./s1. The topological polar surface area (TPSA) is 80.9 Å². The summed E-state index contributed by atoms with van der Waals surface area (Å²) >= 11 is 0. The molecular weight excluding hydrogens is 340 g/mol. The Morgan fingerprint density at radius 1 is 0.815 bits per heavy atom. The van der Waals surface area contributed by atoms with Crippen molar-refractivity contribution in [2.24, 2.45) is 0 Å². The third-order valence-corrected chi connectivity index (χ3v) is 5.30. The molecule has 0 aliphatic heterocycles. The van der Waals surface area contributed by atoms with Gasteiger partial charge in [-0.15, -0.1) is 12.8 Å². The molecule has 4 heteroatoms. The summed E-state index contributed by atoms with van der Waals surface area (Å²) in [5.41, 5.74) is 3.47. The second-order valence-corrected chi connectivity index (χ2v) is 8.75. The summed E-state index contributed by atoms with van der Waals surface area (Å²) in [6, 6.07) is 6.54. The van der Waals surface area contributed by atoms with Gasteiger partial charge in [0, 0.05) is 5.92 Å². The summed E-state index contributed by atoms with van der Waals surface area (Å²) in [5, 5.41) is 40.0. The molecule has 2 aromatic rings. The van der Waals surface area contributed by atoms with Crippen LogP contribution < -0.4 is 0 Å². The zero-order chi connectivity index (χ0) is 20.7. The van der Waals surface area contributed by atoms with Crippen molar-refractivity contribution >= 4 is 0 Å². The zero-order valence-corrected chi connectivity index (χ0v) is 16.5. The van der Waals surface area contributed by atoms with E-state index in [0.29, 0.717) is 0 Å². The van der Waals surface area contributed by atoms with Gasteiger partial charge in [-0.1, -0.05) is 34.6 Å². The van der Waals surface area contributed by atoms with Gasteiger partial charge < -0.3 is 20.4 Å². The van der Waals surface area contributed by atoms with E-state index in [-0.39, 0.29) is 39.7 Å². The highest BCUT2D eigenvalue weighted by atomic mass is 16.3. The lowest BCUT2D eigenvalue weighted by atomic mass is 9.77. The average Bonchev–Trinajstić information content (AvgIpc) is 2.82. The molecule has 2 aromatic carbocycles. The zero-order valence-electron chi connectivity index (χ0n) is 16.5. The molecule has 0 fully saturated rings. The molecule has 1 aliphatic rings. The van der Waals surface area contributed by atoms with Crippen LogP contribution in [0.1, 0.15) is 69.2 Å². The first kappa shape index (κ1) is 20.5. The Bertz CT molecular complexity index is 885. The number of hydrogen-bond acceptors (Lipinski definition) is 4. The van der Waals surface area contributed by atoms with E-state index in [1.54, 1.807) is 24.3 Å². The highest BCUT2D eigenvalue weighted by Crippen LogP contribution is 2.53. The van der Waals surface area contributed by atoms with Crippen LogP contribution in [-0.2, 0) is 10.8 Å². The van der Waals surface area contributed by atoms with E-state index in [1.165, 1.54) is 0 Å². The van der Waals surface area contributed by atoms with Gasteiger partial charge in [-0.3, -0.25) is 0 Å². The van der Waals surface area contributed by atoms with E-state index < -0.39 is 0 Å². The normalized spacial score (nSPS) is 17.7. The van der Waals surface area contributed by atoms with Crippen LogP contribution in [0, 0.1) is 12.8 Å². The molecule has 0 spiro atoms. The predicted molar refractivity (Wildman–Crippen MR) is 108 cm³/mol. The van der Waals surface area contributed by atoms with Crippen molar-refractivity contribution in [1.29, 1.82) is 0 Å². The molecule has 3 rings (SSSR count). The maximum absolute atomic E-state index is 10.1. The summed E-state index contributed by atoms with van der Waals surface area (Å²) in [7, 11) is 0. The van der Waals surface area contributed by atoms with Crippen LogP contribution in [0.5, 0.6) is 23.0 Å². The third kappa shape index (κ3) is 3.55. The second-order valence-electron chi connectivity index (χ2n) is 8.75. The highest BCUT2D eigenvalue weighted by Gasteiger charge is 2.40. The van der Waals surface area contributed by atoms with E-state index in [9.17, 15) is 20.4 Å². The van der Waals surface area contributed by atoms with Crippen molar-refractivity contribution in [3.05, 3.63) is 46.5 Å². The van der Waals surface area contributed by atoms with E-state index in [4.69, 9.17) is 0 Å². The van der Waals surface area contributed by atoms with Gasteiger partial charge >= 0.3 is 0 Å². The fourth-order valence-corrected chi connectivity index (χ4v) is 4.01. The average molecular weight is 368 g/mol. The van der Waals surface area contributed by atoms with Gasteiger partial charge in [0.05, 0.1) is 0 Å². The highest BCUT2D eigenvalue weighted by molar-refractivity contribution is 5.58. The second kappa shape index (κ2) is 6.74. The van der Waals surface area contributed by atoms with Crippen LogP contribution in [0.3, 0.4) is 0 Å². The number of benzene rings is 2. The summed E-state index contributed by atoms with van der Waals surface area (Å²) in [5.74, 6) is -0.548. The number of rotatable bonds is 1. The molecule has 0 unspecified atom stereocenters. The van der Waals surface area contributed by atoms with Gasteiger partial charge in [0.15, 0.2) is 23.0 Å². The Hall–Kier alpha value is -2.80. The van der Waals surface area contributed by atoms with Crippen LogP contribution in [0.2, 0.25) is 0 Å². The smallest absolute Gasteiger partial charge is 0.157 e. The fourth-order valence-electron chi connectivity index (χ4n) is 4.01. The molecule has 4 nitrogen and oxygen atoms in total. The van der Waals surface area contributed by atoms with Crippen molar-refractivity contribution in [1.82, 2.24) is 0 Å². The van der Waals surface area contributed by atoms with Crippen LogP contribution >= 0.6 is 0 Å². The fraction of sp³-hybridized carbons (Fsp3) is 0.391. The minimum Gasteiger partial charge on any atom is -0.504 e. The van der Waals surface area contributed by atoms with Gasteiger partial charge in [0.1, 0.15) is 0 Å². The van der Waals surface area contributed by atoms with Crippen LogP contribution in [0.25, 0.3) is 0 Å². The molecule has 144 valence electrons. The van der Waals surface area contributed by atoms with E-state index in [1.807, 2.05) is 0 Å². The van der Waals surface area contributed by atoms with Gasteiger partial charge in [-0.05, 0) is 63.8 Å². The van der Waals surface area contributed by atoms with Crippen molar-refractivity contribution in [3.8, 4) is 35.8 Å². The van der Waals surface area contributed by atoms with Crippen LogP contribution in [0.15, 0.2) is 24.3 Å². The lowest BCUT2D eigenvalue weighted by Crippen LogP contribution is -2.17. The molecule has 1 aliphatic carbocycles. The number of hydrogen-bond donors (Lipinski definition) is 4. The summed E-state index contributed by atoms with van der Waals surface area (Å²) < 4.78 is 0. The van der Waals surface area contributed by atoms with Crippen molar-refractivity contribution in [2.75, 3.05) is 0 Å². The molecule has 0 heterocycles. The lowest BCUT2D eigenvalue weighted by molar-refractivity contribution is 0.399. The van der Waals surface area contributed by atoms with E-state index in [0.717, 1.165) is 28.7 Å². The van der Waals surface area contributed by atoms with Crippen molar-refractivity contribution < 1.29 is 20.4 Å². The molecular formula is C23H28O4. The molecule has 27 heavy (non-hydrogen) atoms. The molecule has 0 radical (unpaired) electrons. The van der Waals surface area contributed by atoms with E-state index in [2.05, 4.69) is 47.5 Å². The number of phenols is 4. The summed E-state index contributed by atoms with van der Waals surface area (Å²) in [6.45, 7) is 10.4. The monoisotopic (exact) mass is 368 g/mol. The van der Waals surface area contributed by atoms with Crippen LogP contribution in [0.4, 0.5) is 0 Å². The lowest BCUT2D eigenvalue weighted by Gasteiger charge is -2.27. The first-order chi connectivity index (χ1) is 12.4. The Balaban J connectivity index is 0.00000126. The number of fused-ring (bicyclic) bond motifs is 1. The molecule has 0 saturated carbocycles. The first-order valence-electron chi connectivity index (χ1n) is 8.88. The van der Waals surface area contributed by atoms with Crippen LogP contribution in [-0.4, -0.2) is 20.4 Å². The quantitative estimate of drug-likeness (QED) is 0.428. The molecule has 0 bridgehead atoms. The number of phenolic OH excluding ortho intramolecular Hbond substituents is 4. The predicted octanol–water partition coefficient (Wildman–Crippen LogP) is 4.87. The van der Waals surface area contributed by atoms with Gasteiger partial charge in [-0.25, -0.2) is 0 Å². The minimum atomic E-state index is -0.216. The molecule has 0 amide bonds. The SMILES string of the molecule is C#C.CC(C)(C)c1cc(O)c(O)cc1[C@@H]1CC(C)(C)c2cc(O)c(O)cc21. The maximum Gasteiger partial charge on any atom is 0.157 e. The van der Waals surface area contributed by atoms with E-state index >= 15 is 0 Å². The van der Waals surface area contributed by atoms with Gasteiger partial charge in [-0.2, -0.15) is 0 Å². The van der Waals surface area contributed by atoms with Gasteiger partial charge in [0.2, 0.25) is 0 Å². The largest absolute Gasteiger partial charge is 0.504 e.